The maximum absolute atomic E-state index is 14.6. The number of halogens is 3. The molecule has 0 saturated carbocycles. The van der Waals surface area contributed by atoms with E-state index in [9.17, 15) is 18.4 Å². The molecule has 0 fully saturated rings. The second-order valence-corrected chi connectivity index (χ2v) is 8.13. The van der Waals surface area contributed by atoms with Gasteiger partial charge in [0.05, 0.1) is 6.07 Å². The zero-order chi connectivity index (χ0) is 23.4. The Morgan fingerprint density at radius 1 is 1.10 bits per heavy atom. The van der Waals surface area contributed by atoms with Gasteiger partial charge >= 0.3 is 0 Å². The van der Waals surface area contributed by atoms with Crippen LogP contribution >= 0.6 is 0 Å². The van der Waals surface area contributed by atoms with E-state index in [1.54, 1.807) is 25.1 Å². The Hall–Kier alpha value is -3.38. The Balaban J connectivity index is 2.20. The molecule has 1 N–H and O–H groups in total. The Morgan fingerprint density at radius 2 is 1.71 bits per heavy atom. The van der Waals surface area contributed by atoms with Gasteiger partial charge < -0.3 is 10.1 Å². The van der Waals surface area contributed by atoms with Crippen molar-refractivity contribution in [3.8, 4) is 24.2 Å². The van der Waals surface area contributed by atoms with Crippen LogP contribution in [0.3, 0.4) is 0 Å². The average molecular weight is 426 g/mol. The van der Waals surface area contributed by atoms with E-state index in [1.165, 1.54) is 38.1 Å². The highest BCUT2D eigenvalue weighted by Gasteiger charge is 2.29. The summed E-state index contributed by atoms with van der Waals surface area (Å²) in [5, 5.41) is 12.7. The van der Waals surface area contributed by atoms with Crippen molar-refractivity contribution in [1.29, 1.82) is 5.26 Å². The third kappa shape index (κ3) is 6.06. The quantitative estimate of drug-likeness (QED) is 0.534. The molecule has 0 saturated heterocycles. The molecule has 1 unspecified atom stereocenters. The van der Waals surface area contributed by atoms with Gasteiger partial charge in [-0.1, -0.05) is 42.8 Å². The standard InChI is InChI=1S/C25H25F3N2O/c1-7-18-8-13-21(23(3,4)26)22(14-18)31-16-24(5,15-29)30-17(2)19-9-11-20(12-10-19)25(6,27)28/h1,8-14,30H,2,16H2,3-6H3. The van der Waals surface area contributed by atoms with Crippen molar-refractivity contribution < 1.29 is 17.9 Å². The second-order valence-electron chi connectivity index (χ2n) is 8.13. The summed E-state index contributed by atoms with van der Waals surface area (Å²) in [5.74, 6) is -0.230. The first-order valence-corrected chi connectivity index (χ1v) is 9.59. The Labute approximate surface area is 181 Å². The van der Waals surface area contributed by atoms with Crippen molar-refractivity contribution >= 4 is 5.70 Å². The Kier molecular flexibility index (Phi) is 6.76. The molecular weight excluding hydrogens is 401 g/mol. The molecule has 2 aromatic carbocycles. The number of nitrogens with one attached hydrogen (secondary N) is 1. The smallest absolute Gasteiger partial charge is 0.270 e. The van der Waals surface area contributed by atoms with Crippen LogP contribution in [0, 0.1) is 23.7 Å². The van der Waals surface area contributed by atoms with Gasteiger partial charge in [-0.2, -0.15) is 5.26 Å². The maximum Gasteiger partial charge on any atom is 0.270 e. The van der Waals surface area contributed by atoms with Crippen LogP contribution in [-0.4, -0.2) is 12.1 Å². The molecule has 162 valence electrons. The number of rotatable bonds is 8. The molecule has 0 bridgehead atoms. The summed E-state index contributed by atoms with van der Waals surface area (Å²) < 4.78 is 47.2. The number of ether oxygens (including phenoxy) is 1. The number of hydrogen-bond acceptors (Lipinski definition) is 3. The van der Waals surface area contributed by atoms with Gasteiger partial charge in [-0.15, -0.1) is 6.42 Å². The van der Waals surface area contributed by atoms with E-state index >= 15 is 0 Å². The SMILES string of the molecule is C#Cc1ccc(C(C)(C)F)c(OCC(C)(C#N)NC(=C)c2ccc(C(C)(F)F)cc2)c1. The molecule has 3 nitrogen and oxygen atoms in total. The highest BCUT2D eigenvalue weighted by atomic mass is 19.3. The average Bonchev–Trinajstić information content (AvgIpc) is 2.70. The van der Waals surface area contributed by atoms with Crippen molar-refractivity contribution in [2.24, 2.45) is 0 Å². The van der Waals surface area contributed by atoms with Crippen molar-refractivity contribution in [1.82, 2.24) is 5.32 Å². The molecule has 2 aromatic rings. The lowest BCUT2D eigenvalue weighted by molar-refractivity contribution is 0.0174. The number of nitrogens with zero attached hydrogens (tertiary/aromatic N) is 1. The zero-order valence-corrected chi connectivity index (χ0v) is 18.0. The molecule has 2 rings (SSSR count). The van der Waals surface area contributed by atoms with E-state index < -0.39 is 17.1 Å². The van der Waals surface area contributed by atoms with Crippen LogP contribution in [0.2, 0.25) is 0 Å². The monoisotopic (exact) mass is 426 g/mol. The molecule has 0 spiro atoms. The van der Waals surface area contributed by atoms with Crippen molar-refractivity contribution in [3.63, 3.8) is 0 Å². The van der Waals surface area contributed by atoms with Crippen LogP contribution in [0.5, 0.6) is 5.75 Å². The van der Waals surface area contributed by atoms with Gasteiger partial charge in [0, 0.05) is 29.3 Å². The largest absolute Gasteiger partial charge is 0.490 e. The van der Waals surface area contributed by atoms with E-state index in [2.05, 4.69) is 23.9 Å². The maximum atomic E-state index is 14.6. The van der Waals surface area contributed by atoms with E-state index in [4.69, 9.17) is 11.2 Å². The topological polar surface area (TPSA) is 45.0 Å². The number of nitriles is 1. The van der Waals surface area contributed by atoms with E-state index in [0.29, 0.717) is 22.4 Å². The van der Waals surface area contributed by atoms with Crippen molar-refractivity contribution in [2.45, 2.75) is 44.8 Å². The highest BCUT2D eigenvalue weighted by molar-refractivity contribution is 5.63. The molecule has 0 radical (unpaired) electrons. The number of hydrogen-bond donors (Lipinski definition) is 1. The molecule has 1 atom stereocenters. The van der Waals surface area contributed by atoms with E-state index in [-0.39, 0.29) is 17.9 Å². The second kappa shape index (κ2) is 8.78. The number of benzene rings is 2. The summed E-state index contributed by atoms with van der Waals surface area (Å²) in [6.45, 7) is 8.98. The van der Waals surface area contributed by atoms with Gasteiger partial charge in [0.1, 0.15) is 18.0 Å². The van der Waals surface area contributed by atoms with Crippen LogP contribution in [0.1, 0.15) is 49.9 Å². The molecule has 0 heterocycles. The van der Waals surface area contributed by atoms with E-state index in [1.807, 2.05) is 0 Å². The molecule has 6 heteroatoms. The Bertz CT molecular complexity index is 1030. The summed E-state index contributed by atoms with van der Waals surface area (Å²) in [5.41, 5.74) is -1.28. The van der Waals surface area contributed by atoms with E-state index in [0.717, 1.165) is 6.92 Å². The first-order chi connectivity index (χ1) is 14.3. The minimum atomic E-state index is -2.95. The Morgan fingerprint density at radius 3 is 2.19 bits per heavy atom. The summed E-state index contributed by atoms with van der Waals surface area (Å²) in [7, 11) is 0. The van der Waals surface area contributed by atoms with Crippen LogP contribution in [0.4, 0.5) is 13.2 Å². The van der Waals surface area contributed by atoms with Crippen molar-refractivity contribution in [3.05, 3.63) is 71.3 Å². The molecule has 0 aromatic heterocycles. The normalized spacial score (nSPS) is 13.5. The summed E-state index contributed by atoms with van der Waals surface area (Å²) >= 11 is 0. The molecule has 0 aliphatic carbocycles. The highest BCUT2D eigenvalue weighted by Crippen LogP contribution is 2.34. The molecule has 0 aliphatic rings. The minimum Gasteiger partial charge on any atom is -0.490 e. The fraction of sp³-hybridized carbons (Fsp3) is 0.320. The van der Waals surface area contributed by atoms with Gasteiger partial charge in [0.2, 0.25) is 0 Å². The fourth-order valence-corrected chi connectivity index (χ4v) is 2.91. The number of terminal acetylenes is 1. The summed E-state index contributed by atoms with van der Waals surface area (Å²) in [4.78, 5) is 0. The third-order valence-corrected chi connectivity index (χ3v) is 4.72. The van der Waals surface area contributed by atoms with Gasteiger partial charge in [-0.25, -0.2) is 13.2 Å². The lowest BCUT2D eigenvalue weighted by Crippen LogP contribution is -2.45. The molecule has 0 aliphatic heterocycles. The van der Waals surface area contributed by atoms with Gasteiger partial charge in [0.15, 0.2) is 5.54 Å². The molecule has 0 amide bonds. The van der Waals surface area contributed by atoms with Crippen LogP contribution < -0.4 is 10.1 Å². The van der Waals surface area contributed by atoms with Crippen LogP contribution in [0.15, 0.2) is 49.0 Å². The summed E-state index contributed by atoms with van der Waals surface area (Å²) in [6, 6.07) is 12.5. The van der Waals surface area contributed by atoms with Crippen molar-refractivity contribution in [2.75, 3.05) is 6.61 Å². The third-order valence-electron chi connectivity index (χ3n) is 4.72. The lowest BCUT2D eigenvalue weighted by atomic mass is 9.97. The van der Waals surface area contributed by atoms with Crippen LogP contribution in [0.25, 0.3) is 5.70 Å². The molecular formula is C25H25F3N2O. The predicted octanol–water partition coefficient (Wildman–Crippen LogP) is 5.91. The minimum absolute atomic E-state index is 0.120. The number of alkyl halides is 3. The summed E-state index contributed by atoms with van der Waals surface area (Å²) in [6.07, 6.45) is 5.43. The fourth-order valence-electron chi connectivity index (χ4n) is 2.91. The zero-order valence-electron chi connectivity index (χ0n) is 18.0. The van der Waals surface area contributed by atoms with Crippen LogP contribution in [-0.2, 0) is 11.6 Å². The lowest BCUT2D eigenvalue weighted by Gasteiger charge is -2.27. The van der Waals surface area contributed by atoms with Gasteiger partial charge in [0.25, 0.3) is 5.92 Å². The first kappa shape index (κ1) is 23.9. The first-order valence-electron chi connectivity index (χ1n) is 9.59. The molecule has 31 heavy (non-hydrogen) atoms. The van der Waals surface area contributed by atoms with Gasteiger partial charge in [-0.05, 0) is 38.5 Å². The predicted molar refractivity (Wildman–Crippen MR) is 116 cm³/mol. The van der Waals surface area contributed by atoms with Gasteiger partial charge in [-0.3, -0.25) is 0 Å².